The highest BCUT2D eigenvalue weighted by Gasteiger charge is 2.47. The van der Waals surface area contributed by atoms with Crippen LogP contribution in [0.25, 0.3) is 6.08 Å². The average Bonchev–Trinajstić information content (AvgIpc) is 3.10. The predicted octanol–water partition coefficient (Wildman–Crippen LogP) is 0.0137. The lowest BCUT2D eigenvalue weighted by atomic mass is 9.86. The van der Waals surface area contributed by atoms with Gasteiger partial charge in [0.1, 0.15) is 31.0 Å². The van der Waals surface area contributed by atoms with Gasteiger partial charge in [-0.05, 0) is 41.5 Å². The van der Waals surface area contributed by atoms with Crippen LogP contribution in [-0.2, 0) is 49.2 Å². The van der Waals surface area contributed by atoms with Gasteiger partial charge in [-0.25, -0.2) is 9.59 Å². The summed E-state index contributed by atoms with van der Waals surface area (Å²) in [5, 5.41) is 79.7. The van der Waals surface area contributed by atoms with Crippen LogP contribution in [0, 0.1) is 5.92 Å². The van der Waals surface area contributed by atoms with Gasteiger partial charge in [-0.2, -0.15) is 0 Å². The molecule has 0 aromatic heterocycles. The van der Waals surface area contributed by atoms with E-state index >= 15 is 0 Å². The number of hydrogen-bond acceptors (Lipinski definition) is 17. The van der Waals surface area contributed by atoms with E-state index < -0.39 is 86.2 Å². The molecule has 7 atom stereocenters. The van der Waals surface area contributed by atoms with Gasteiger partial charge in [-0.3, -0.25) is 4.79 Å². The zero-order valence-corrected chi connectivity index (χ0v) is 27.1. The van der Waals surface area contributed by atoms with Crippen molar-refractivity contribution in [3.63, 3.8) is 0 Å². The molecule has 0 saturated carbocycles. The van der Waals surface area contributed by atoms with E-state index in [9.17, 15) is 55.2 Å². The molecule has 2 aromatic rings. The van der Waals surface area contributed by atoms with Crippen molar-refractivity contribution in [2.45, 2.75) is 49.8 Å². The third-order valence-electron chi connectivity index (χ3n) is 7.91. The van der Waals surface area contributed by atoms with Crippen LogP contribution in [0.2, 0.25) is 0 Å². The Labute approximate surface area is 290 Å². The zero-order valence-electron chi connectivity index (χ0n) is 27.1. The SMILES string of the molecule is COC(=O)C1=CO[C@@H](O[C@@H]2O[C@H](COC(=O)/C=C/c3ccc(O)c(O)c3)[C@@H](O)[C@H](O)[C@H]2O)/C(=C/CO)[C@@H]1CC(=O)OCCc1ccc(O)c(O)c1. The standard InChI is InChI=1S/C34H38O17/c1-46-32(45)21-15-49-33(19(8-10-35)20(21)14-28(41)47-11-9-18-3-6-23(37)25(39)13-18)51-34-31(44)30(43)29(42)26(50-34)16-48-27(40)7-4-17-2-5-22(36)24(38)12-17/h2-8,12-13,15,20,26,29-31,33-39,42-44H,9-11,14,16H2,1H3/b7-4+,19-8+/t20-,26+,29+,30-,31+,33-,34-/m0/s1. The molecule has 51 heavy (non-hydrogen) atoms. The summed E-state index contributed by atoms with van der Waals surface area (Å²) in [6, 6.07) is 7.94. The Morgan fingerprint density at radius 2 is 1.59 bits per heavy atom. The highest BCUT2D eigenvalue weighted by Crippen LogP contribution is 2.36. The first kappa shape index (κ1) is 38.6. The van der Waals surface area contributed by atoms with Gasteiger partial charge in [-0.15, -0.1) is 0 Å². The van der Waals surface area contributed by atoms with E-state index in [-0.39, 0.29) is 41.4 Å². The molecule has 0 spiro atoms. The minimum absolute atomic E-state index is 0.0191. The fourth-order valence-electron chi connectivity index (χ4n) is 5.17. The van der Waals surface area contributed by atoms with Crippen LogP contribution in [0.4, 0.5) is 0 Å². The monoisotopic (exact) mass is 718 g/mol. The summed E-state index contributed by atoms with van der Waals surface area (Å²) >= 11 is 0. The van der Waals surface area contributed by atoms with Gasteiger partial charge < -0.3 is 69.3 Å². The molecule has 2 aromatic carbocycles. The molecule has 17 nitrogen and oxygen atoms in total. The summed E-state index contributed by atoms with van der Waals surface area (Å²) in [4.78, 5) is 37.9. The number of carbonyl (C=O) groups excluding carboxylic acids is 3. The third kappa shape index (κ3) is 9.97. The lowest BCUT2D eigenvalue weighted by Gasteiger charge is -2.42. The molecular weight excluding hydrogens is 680 g/mol. The van der Waals surface area contributed by atoms with Crippen molar-refractivity contribution in [3.8, 4) is 23.0 Å². The number of phenols is 4. The van der Waals surface area contributed by atoms with E-state index in [1.54, 1.807) is 0 Å². The normalized spacial score (nSPS) is 25.5. The minimum Gasteiger partial charge on any atom is -0.504 e. The first-order valence-corrected chi connectivity index (χ1v) is 15.5. The second-order valence-corrected chi connectivity index (χ2v) is 11.3. The maximum Gasteiger partial charge on any atom is 0.337 e. The first-order chi connectivity index (χ1) is 24.3. The van der Waals surface area contributed by atoms with E-state index in [1.165, 1.54) is 48.6 Å². The first-order valence-electron chi connectivity index (χ1n) is 15.5. The largest absolute Gasteiger partial charge is 0.504 e. The van der Waals surface area contributed by atoms with E-state index in [1.807, 2.05) is 0 Å². The lowest BCUT2D eigenvalue weighted by Crippen LogP contribution is -2.60. The molecule has 1 fully saturated rings. The van der Waals surface area contributed by atoms with Crippen molar-refractivity contribution in [2.24, 2.45) is 5.92 Å². The average molecular weight is 719 g/mol. The molecule has 2 heterocycles. The molecule has 4 rings (SSSR count). The molecule has 17 heteroatoms. The summed E-state index contributed by atoms with van der Waals surface area (Å²) in [6.45, 7) is -1.37. The number of methoxy groups -OCH3 is 1. The molecular formula is C34H38O17. The van der Waals surface area contributed by atoms with Crippen molar-refractivity contribution in [3.05, 3.63) is 77.1 Å². The van der Waals surface area contributed by atoms with Crippen molar-refractivity contribution in [1.29, 1.82) is 0 Å². The molecule has 0 amide bonds. The van der Waals surface area contributed by atoms with Crippen molar-refractivity contribution < 1.29 is 83.7 Å². The molecule has 0 radical (unpaired) electrons. The smallest absolute Gasteiger partial charge is 0.337 e. The number of aliphatic hydroxyl groups excluding tert-OH is 4. The number of rotatable bonds is 13. The van der Waals surface area contributed by atoms with E-state index in [0.717, 1.165) is 19.4 Å². The van der Waals surface area contributed by atoms with Gasteiger partial charge >= 0.3 is 17.9 Å². The predicted molar refractivity (Wildman–Crippen MR) is 170 cm³/mol. The van der Waals surface area contributed by atoms with Gasteiger partial charge in [0.15, 0.2) is 29.3 Å². The quantitative estimate of drug-likeness (QED) is 0.0446. The Bertz CT molecular complexity index is 1650. The number of aliphatic hydroxyl groups is 4. The summed E-state index contributed by atoms with van der Waals surface area (Å²) in [5.74, 6) is -5.12. The lowest BCUT2D eigenvalue weighted by molar-refractivity contribution is -0.328. The van der Waals surface area contributed by atoms with Crippen LogP contribution >= 0.6 is 0 Å². The third-order valence-corrected chi connectivity index (χ3v) is 7.91. The van der Waals surface area contributed by atoms with Crippen molar-refractivity contribution in [2.75, 3.05) is 26.9 Å². The van der Waals surface area contributed by atoms with Gasteiger partial charge in [0.05, 0.1) is 38.6 Å². The van der Waals surface area contributed by atoms with Crippen LogP contribution in [-0.4, -0.2) is 123 Å². The van der Waals surface area contributed by atoms with Gasteiger partial charge in [0.25, 0.3) is 0 Å². The summed E-state index contributed by atoms with van der Waals surface area (Å²) in [6.07, 6.45) is -6.04. The van der Waals surface area contributed by atoms with E-state index in [4.69, 9.17) is 28.4 Å². The van der Waals surface area contributed by atoms with Gasteiger partial charge in [0.2, 0.25) is 6.29 Å². The number of phenolic OH excluding ortho intramolecular Hbond substituents is 4. The fourth-order valence-corrected chi connectivity index (χ4v) is 5.17. The van der Waals surface area contributed by atoms with Crippen LogP contribution in [0.5, 0.6) is 23.0 Å². The van der Waals surface area contributed by atoms with Gasteiger partial charge in [0, 0.05) is 24.0 Å². The van der Waals surface area contributed by atoms with Gasteiger partial charge in [-0.1, -0.05) is 18.2 Å². The maximum atomic E-state index is 12.9. The van der Waals surface area contributed by atoms with Crippen molar-refractivity contribution >= 4 is 24.0 Å². The number of esters is 3. The maximum absolute atomic E-state index is 12.9. The highest BCUT2D eigenvalue weighted by atomic mass is 16.8. The number of aromatic hydroxyl groups is 4. The zero-order chi connectivity index (χ0) is 37.2. The number of hydrogen-bond donors (Lipinski definition) is 8. The highest BCUT2D eigenvalue weighted by molar-refractivity contribution is 5.91. The Morgan fingerprint density at radius 3 is 2.25 bits per heavy atom. The summed E-state index contributed by atoms with van der Waals surface area (Å²) < 4.78 is 32.2. The Kier molecular flexibility index (Phi) is 13.4. The van der Waals surface area contributed by atoms with Crippen LogP contribution in [0.3, 0.4) is 0 Å². The van der Waals surface area contributed by atoms with Crippen molar-refractivity contribution in [1.82, 2.24) is 0 Å². The molecule has 0 bridgehead atoms. The van der Waals surface area contributed by atoms with Crippen LogP contribution in [0.15, 0.2) is 66.0 Å². The molecule has 2 aliphatic heterocycles. The molecule has 0 unspecified atom stereocenters. The summed E-state index contributed by atoms with van der Waals surface area (Å²) in [7, 11) is 1.10. The number of ether oxygens (including phenoxy) is 6. The molecule has 2 aliphatic rings. The molecule has 8 N–H and O–H groups in total. The molecule has 1 saturated heterocycles. The topological polar surface area (TPSA) is 268 Å². The summed E-state index contributed by atoms with van der Waals surface area (Å²) in [5.41, 5.74) is 0.796. The Balaban J connectivity index is 1.43. The number of benzene rings is 2. The Morgan fingerprint density at radius 1 is 0.882 bits per heavy atom. The fraction of sp³-hybridized carbons (Fsp3) is 0.382. The molecule has 0 aliphatic carbocycles. The second-order valence-electron chi connectivity index (χ2n) is 11.3. The minimum atomic E-state index is -1.87. The number of carbonyl (C=O) groups is 3. The Hall–Kier alpha value is -5.17. The second kappa shape index (κ2) is 17.7. The van der Waals surface area contributed by atoms with Crippen LogP contribution in [0.1, 0.15) is 17.5 Å². The van der Waals surface area contributed by atoms with E-state index in [2.05, 4.69) is 0 Å². The van der Waals surface area contributed by atoms with Crippen LogP contribution < -0.4 is 0 Å². The van der Waals surface area contributed by atoms with E-state index in [0.29, 0.717) is 11.1 Å². The molecule has 276 valence electrons.